The summed E-state index contributed by atoms with van der Waals surface area (Å²) in [6.07, 6.45) is 0.0546. The third-order valence-corrected chi connectivity index (χ3v) is 12.9. The lowest BCUT2D eigenvalue weighted by Crippen LogP contribution is -2.48. The van der Waals surface area contributed by atoms with E-state index in [0.717, 1.165) is 55.6 Å². The fourth-order valence-electron chi connectivity index (χ4n) is 9.28. The van der Waals surface area contributed by atoms with Gasteiger partial charge in [-0.25, -0.2) is 9.59 Å². The Balaban J connectivity index is 0.681. The van der Waals surface area contributed by atoms with E-state index in [-0.39, 0.29) is 61.2 Å². The van der Waals surface area contributed by atoms with E-state index < -0.39 is 24.3 Å². The molecule has 2 atom stereocenters. The first-order valence-corrected chi connectivity index (χ1v) is 24.8. The largest absolute Gasteiger partial charge is 0.508 e. The molecule has 4 amide bonds. The summed E-state index contributed by atoms with van der Waals surface area (Å²) in [6, 6.07) is 43.4. The van der Waals surface area contributed by atoms with Crippen LogP contribution >= 0.6 is 0 Å². The van der Waals surface area contributed by atoms with Crippen LogP contribution < -0.4 is 21.3 Å². The zero-order valence-corrected chi connectivity index (χ0v) is 40.6. The number of rotatable bonds is 26. The zero-order valence-electron chi connectivity index (χ0n) is 40.6. The van der Waals surface area contributed by atoms with Gasteiger partial charge in [-0.1, -0.05) is 121 Å². The average Bonchev–Trinajstić information content (AvgIpc) is 3.91. The standard InChI is InChI=1S/C58H62N4O11/c63-41-23-19-39(20-24-41)35-53(61-57(67)72-37-51-47-15-5-1-11-43(47)44-12-2-6-16-48(44)51)55(65)59-27-9-29-69-31-33-71-34-32-70-30-10-28-60-56(66)54(36-40-21-25-42(64)26-22-40)62-58(68)73-38-52-49-17-7-3-13-45(49)46-14-4-8-18-50(46)52/h1-8,11-26,51-54,63-64H,9-10,27-38H2,(H,59,65)(H,60,66)(H,61,67)(H,62,68). The van der Waals surface area contributed by atoms with Crippen LogP contribution in [0.5, 0.6) is 11.5 Å². The van der Waals surface area contributed by atoms with Gasteiger partial charge in [0.1, 0.15) is 36.8 Å². The Morgan fingerprint density at radius 3 is 1.08 bits per heavy atom. The maximum atomic E-state index is 13.4. The van der Waals surface area contributed by atoms with Crippen LogP contribution in [0.4, 0.5) is 9.59 Å². The molecule has 0 radical (unpaired) electrons. The molecule has 0 aliphatic heterocycles. The Hall–Kier alpha value is -7.72. The van der Waals surface area contributed by atoms with E-state index in [9.17, 15) is 29.4 Å². The molecule has 2 aliphatic rings. The third kappa shape index (κ3) is 14.2. The van der Waals surface area contributed by atoms with Gasteiger partial charge in [0.05, 0.1) is 26.4 Å². The van der Waals surface area contributed by atoms with Crippen molar-refractivity contribution in [3.05, 3.63) is 179 Å². The molecule has 0 fully saturated rings. The summed E-state index contributed by atoms with van der Waals surface area (Å²) < 4.78 is 28.5. The summed E-state index contributed by atoms with van der Waals surface area (Å²) in [7, 11) is 0. The molecule has 0 saturated carbocycles. The maximum absolute atomic E-state index is 13.4. The number of fused-ring (bicyclic) bond motifs is 6. The highest BCUT2D eigenvalue weighted by atomic mass is 16.6. The first-order chi connectivity index (χ1) is 35.7. The van der Waals surface area contributed by atoms with E-state index in [2.05, 4.69) is 45.5 Å². The molecule has 15 heteroatoms. The number of carbonyl (C=O) groups excluding carboxylic acids is 4. The van der Waals surface area contributed by atoms with Crippen molar-refractivity contribution in [3.8, 4) is 33.8 Å². The van der Waals surface area contributed by atoms with Crippen LogP contribution in [-0.4, -0.2) is 112 Å². The van der Waals surface area contributed by atoms with Crippen molar-refractivity contribution >= 4 is 24.0 Å². The fourth-order valence-corrected chi connectivity index (χ4v) is 9.28. The van der Waals surface area contributed by atoms with E-state index in [1.54, 1.807) is 24.3 Å². The predicted molar refractivity (Wildman–Crippen MR) is 275 cm³/mol. The molecule has 0 spiro atoms. The number of alkyl carbamates (subject to hydrolysis) is 2. The molecule has 6 aromatic rings. The van der Waals surface area contributed by atoms with Crippen LogP contribution in [0.15, 0.2) is 146 Å². The van der Waals surface area contributed by atoms with Gasteiger partial charge in [0.15, 0.2) is 0 Å². The Labute approximate surface area is 425 Å². The second-order valence-corrected chi connectivity index (χ2v) is 17.9. The number of phenolic OH excluding ortho intramolecular Hbond substituents is 2. The molecule has 6 aromatic carbocycles. The van der Waals surface area contributed by atoms with Crippen LogP contribution in [-0.2, 0) is 46.1 Å². The zero-order chi connectivity index (χ0) is 50.8. The van der Waals surface area contributed by atoms with Gasteiger partial charge in [0.25, 0.3) is 0 Å². The molecule has 0 saturated heterocycles. The van der Waals surface area contributed by atoms with Crippen molar-refractivity contribution in [3.63, 3.8) is 0 Å². The predicted octanol–water partition coefficient (Wildman–Crippen LogP) is 7.76. The Morgan fingerprint density at radius 1 is 0.425 bits per heavy atom. The molecular formula is C58H62N4O11. The van der Waals surface area contributed by atoms with E-state index in [4.69, 9.17) is 23.7 Å². The Kier molecular flexibility index (Phi) is 18.5. The van der Waals surface area contributed by atoms with Gasteiger partial charge in [-0.2, -0.15) is 0 Å². The molecule has 73 heavy (non-hydrogen) atoms. The van der Waals surface area contributed by atoms with E-state index in [1.807, 2.05) is 72.8 Å². The molecule has 0 aromatic heterocycles. The minimum absolute atomic E-state index is 0.100. The highest BCUT2D eigenvalue weighted by Gasteiger charge is 2.32. The fraction of sp³-hybridized carbons (Fsp3) is 0.310. The van der Waals surface area contributed by atoms with Gasteiger partial charge in [-0.15, -0.1) is 0 Å². The van der Waals surface area contributed by atoms with Crippen LogP contribution in [0.1, 0.15) is 58.1 Å². The van der Waals surface area contributed by atoms with Crippen molar-refractivity contribution in [2.75, 3.05) is 65.9 Å². The smallest absolute Gasteiger partial charge is 0.407 e. The number of carbonyl (C=O) groups is 4. The lowest BCUT2D eigenvalue weighted by molar-refractivity contribution is -0.123. The number of phenols is 2. The second-order valence-electron chi connectivity index (χ2n) is 17.9. The molecule has 2 aliphatic carbocycles. The summed E-state index contributed by atoms with van der Waals surface area (Å²) in [5.74, 6) is -0.785. The summed E-state index contributed by atoms with van der Waals surface area (Å²) in [4.78, 5) is 53.1. The number of amides is 4. The first-order valence-electron chi connectivity index (χ1n) is 24.8. The molecule has 2 unspecified atom stereocenters. The van der Waals surface area contributed by atoms with E-state index >= 15 is 0 Å². The van der Waals surface area contributed by atoms with Crippen LogP contribution in [0, 0.1) is 0 Å². The van der Waals surface area contributed by atoms with Crippen molar-refractivity contribution in [2.24, 2.45) is 0 Å². The molecule has 15 nitrogen and oxygen atoms in total. The number of nitrogens with one attached hydrogen (secondary N) is 4. The highest BCUT2D eigenvalue weighted by molar-refractivity contribution is 5.87. The number of aromatic hydroxyl groups is 2. The summed E-state index contributed by atoms with van der Waals surface area (Å²) in [6.45, 7) is 3.03. The summed E-state index contributed by atoms with van der Waals surface area (Å²) >= 11 is 0. The molecule has 6 N–H and O–H groups in total. The van der Waals surface area contributed by atoms with Crippen LogP contribution in [0.3, 0.4) is 0 Å². The summed E-state index contributed by atoms with van der Waals surface area (Å²) in [5.41, 5.74) is 10.3. The molecule has 380 valence electrons. The topological polar surface area (TPSA) is 203 Å². The minimum atomic E-state index is -0.920. The van der Waals surface area contributed by atoms with Gasteiger partial charge in [0.2, 0.25) is 11.8 Å². The summed E-state index contributed by atoms with van der Waals surface area (Å²) in [5, 5.41) is 30.8. The van der Waals surface area contributed by atoms with Crippen molar-refractivity contribution in [1.82, 2.24) is 21.3 Å². The maximum Gasteiger partial charge on any atom is 0.407 e. The monoisotopic (exact) mass is 990 g/mol. The lowest BCUT2D eigenvalue weighted by atomic mass is 9.98. The average molecular weight is 991 g/mol. The van der Waals surface area contributed by atoms with Crippen molar-refractivity contribution in [1.29, 1.82) is 0 Å². The number of hydrogen-bond donors (Lipinski definition) is 6. The molecular weight excluding hydrogens is 929 g/mol. The first kappa shape index (κ1) is 51.6. The van der Waals surface area contributed by atoms with Crippen LogP contribution in [0.25, 0.3) is 22.3 Å². The number of benzene rings is 6. The highest BCUT2D eigenvalue weighted by Crippen LogP contribution is 2.45. The lowest BCUT2D eigenvalue weighted by Gasteiger charge is -2.20. The SMILES string of the molecule is O=C(NC(Cc1ccc(O)cc1)C(=O)NCCCOCCOCCOCCCNC(=O)C(Cc1ccc(O)cc1)NC(=O)OCC1c2ccccc2-c2ccccc21)OCC1c2ccccc2-c2ccccc21. The molecule has 0 bridgehead atoms. The van der Waals surface area contributed by atoms with Gasteiger partial charge in [-0.05, 0) is 92.7 Å². The Morgan fingerprint density at radius 2 is 0.740 bits per heavy atom. The van der Waals surface area contributed by atoms with Crippen LogP contribution in [0.2, 0.25) is 0 Å². The van der Waals surface area contributed by atoms with Crippen molar-refractivity contribution < 1.29 is 53.1 Å². The van der Waals surface area contributed by atoms with Gasteiger partial charge in [0, 0.05) is 51.0 Å². The van der Waals surface area contributed by atoms with Gasteiger partial charge in [-0.3, -0.25) is 9.59 Å². The van der Waals surface area contributed by atoms with E-state index in [0.29, 0.717) is 65.6 Å². The normalized spacial score (nSPS) is 13.2. The number of hydrogen-bond acceptors (Lipinski definition) is 11. The Bertz CT molecular complexity index is 2510. The van der Waals surface area contributed by atoms with E-state index in [1.165, 1.54) is 24.3 Å². The van der Waals surface area contributed by atoms with Gasteiger partial charge < -0.3 is 55.2 Å². The quantitative estimate of drug-likeness (QED) is 0.0290. The minimum Gasteiger partial charge on any atom is -0.508 e. The van der Waals surface area contributed by atoms with Gasteiger partial charge >= 0.3 is 12.2 Å². The third-order valence-electron chi connectivity index (χ3n) is 12.9. The second kappa shape index (κ2) is 26.1. The number of ether oxygens (including phenoxy) is 5. The van der Waals surface area contributed by atoms with Crippen molar-refractivity contribution in [2.45, 2.75) is 49.6 Å². The molecule has 0 heterocycles. The molecule has 8 rings (SSSR count).